The zero-order chi connectivity index (χ0) is 28.9. The summed E-state index contributed by atoms with van der Waals surface area (Å²) < 4.78 is 2.17. The predicted octanol–water partition coefficient (Wildman–Crippen LogP) is 6.45. The maximum absolute atomic E-state index is 2.34. The Morgan fingerprint density at radius 3 is 1.63 bits per heavy atom. The second kappa shape index (κ2) is 16.3. The summed E-state index contributed by atoms with van der Waals surface area (Å²) in [5, 5.41) is 0. The Balaban J connectivity index is 1.11. The van der Waals surface area contributed by atoms with Crippen LogP contribution in [0.25, 0.3) is 18.2 Å². The van der Waals surface area contributed by atoms with Crippen LogP contribution in [0.3, 0.4) is 0 Å². The fraction of sp³-hybridized carbons (Fsp3) is 0.286. The molecule has 2 heterocycles. The highest BCUT2D eigenvalue weighted by molar-refractivity contribution is 8.76. The van der Waals surface area contributed by atoms with E-state index in [0.29, 0.717) is 0 Å². The van der Waals surface area contributed by atoms with Crippen molar-refractivity contribution in [1.82, 2.24) is 0 Å². The van der Waals surface area contributed by atoms with E-state index in [4.69, 9.17) is 0 Å². The third-order valence-corrected chi connectivity index (χ3v) is 9.60. The van der Waals surface area contributed by atoms with Crippen LogP contribution in [0, 0.1) is 0 Å². The summed E-state index contributed by atoms with van der Waals surface area (Å²) in [5.74, 6) is 2.20. The summed E-state index contributed by atoms with van der Waals surface area (Å²) in [7, 11) is 8.28. The molecule has 0 saturated heterocycles. The molecule has 41 heavy (non-hydrogen) atoms. The highest BCUT2D eigenvalue weighted by atomic mass is 33.1. The van der Waals surface area contributed by atoms with Crippen LogP contribution in [-0.2, 0) is 6.54 Å². The smallest absolute Gasteiger partial charge is 0.169 e. The predicted molar refractivity (Wildman–Crippen MR) is 183 cm³/mol. The summed E-state index contributed by atoms with van der Waals surface area (Å²) in [6.07, 6.45) is 19.6. The van der Waals surface area contributed by atoms with Gasteiger partial charge in [-0.3, -0.25) is 4.90 Å². The minimum Gasteiger partial charge on any atom is -0.374 e. The molecule has 0 saturated carbocycles. The number of aryl methyl sites for hydroxylation is 1. The molecule has 3 aromatic rings. The van der Waals surface area contributed by atoms with Crippen LogP contribution in [0.1, 0.15) is 30.5 Å². The number of pyridine rings is 1. The molecule has 1 aromatic heterocycles. The summed E-state index contributed by atoms with van der Waals surface area (Å²) in [6, 6.07) is 22.0. The highest BCUT2D eigenvalue weighted by Crippen LogP contribution is 2.24. The second-order valence-corrected chi connectivity index (χ2v) is 12.9. The normalized spacial score (nSPS) is 14.7. The van der Waals surface area contributed by atoms with Crippen molar-refractivity contribution in [3.63, 3.8) is 0 Å². The maximum atomic E-state index is 2.34. The molecule has 1 atom stereocenters. The summed E-state index contributed by atoms with van der Waals surface area (Å²) in [4.78, 5) is 6.07. The molecule has 4 rings (SSSR count). The fourth-order valence-corrected chi connectivity index (χ4v) is 6.50. The molecule has 2 aromatic carbocycles. The molecule has 0 spiro atoms. The number of nitrogens with zero attached hydrogens (tertiary/aromatic N) is 3. The Morgan fingerprint density at radius 2 is 1.17 bits per heavy atom. The number of anilines is 2. The minimum atomic E-state index is 0.998. The van der Waals surface area contributed by atoms with Gasteiger partial charge >= 0.3 is 0 Å². The van der Waals surface area contributed by atoms with Gasteiger partial charge in [-0.25, -0.2) is 4.57 Å². The molecule has 0 fully saturated rings. The van der Waals surface area contributed by atoms with Crippen molar-refractivity contribution in [2.45, 2.75) is 20.4 Å². The summed E-state index contributed by atoms with van der Waals surface area (Å²) >= 11 is 0. The number of hydrogen-bond donors (Lipinski definition) is 1. The quantitative estimate of drug-likeness (QED) is 0.125. The van der Waals surface area contributed by atoms with Crippen molar-refractivity contribution < 1.29 is 9.47 Å². The first-order valence-corrected chi connectivity index (χ1v) is 17.0. The standard InChI is InChI=1S/C35H43N4S2/c1-5-38-22-19-32(20-23-38)8-7-30-11-15-34(16-12-30)36(3)25-27-40-41-28-26-37(4)35-17-13-31(14-18-35)9-10-33-21-24-39(6-2)29-33/h7-24,29H,5-6,25-28H2,1-4H3/q+1/p+1/b10-9+. The Hall–Kier alpha value is -3.19. The van der Waals surface area contributed by atoms with Crippen LogP contribution in [0.5, 0.6) is 0 Å². The molecule has 4 nitrogen and oxygen atoms in total. The molecular weight excluding hydrogens is 541 g/mol. The molecule has 1 aliphatic heterocycles. The van der Waals surface area contributed by atoms with Gasteiger partial charge in [0, 0.05) is 73.8 Å². The largest absolute Gasteiger partial charge is 0.374 e. The van der Waals surface area contributed by atoms with Gasteiger partial charge in [0.15, 0.2) is 12.4 Å². The highest BCUT2D eigenvalue weighted by Gasteiger charge is 2.06. The Morgan fingerprint density at radius 1 is 0.683 bits per heavy atom. The number of quaternary nitrogens is 1. The van der Waals surface area contributed by atoms with Gasteiger partial charge in [-0.05, 0) is 60.9 Å². The van der Waals surface area contributed by atoms with Crippen LogP contribution < -0.4 is 19.3 Å². The van der Waals surface area contributed by atoms with E-state index >= 15 is 0 Å². The van der Waals surface area contributed by atoms with Crippen molar-refractivity contribution >= 4 is 51.2 Å². The van der Waals surface area contributed by atoms with Crippen LogP contribution in [0.15, 0.2) is 103 Å². The number of allylic oxidation sites excluding steroid dienone is 3. The first kappa shape index (κ1) is 30.8. The van der Waals surface area contributed by atoms with Gasteiger partial charge in [-0.1, -0.05) is 64.1 Å². The Labute approximate surface area is 255 Å². The number of benzene rings is 2. The molecule has 0 amide bonds. The number of nitrogens with one attached hydrogen (secondary N) is 1. The third-order valence-electron chi connectivity index (χ3n) is 7.24. The molecular formula is C35H44N4S2+2. The average Bonchev–Trinajstić information content (AvgIpc) is 3.49. The van der Waals surface area contributed by atoms with Crippen LogP contribution in [0.2, 0.25) is 0 Å². The lowest BCUT2D eigenvalue weighted by Crippen LogP contribution is -3.01. The van der Waals surface area contributed by atoms with E-state index in [-0.39, 0.29) is 0 Å². The molecule has 0 aliphatic carbocycles. The van der Waals surface area contributed by atoms with Crippen molar-refractivity contribution in [3.05, 3.63) is 120 Å². The van der Waals surface area contributed by atoms with E-state index in [2.05, 4.69) is 158 Å². The van der Waals surface area contributed by atoms with Crippen molar-refractivity contribution in [1.29, 1.82) is 0 Å². The average molecular weight is 585 g/mol. The fourth-order valence-electron chi connectivity index (χ4n) is 4.42. The molecule has 1 N–H and O–H groups in total. The lowest BCUT2D eigenvalue weighted by Gasteiger charge is -2.20. The molecule has 6 heteroatoms. The zero-order valence-electron chi connectivity index (χ0n) is 24.9. The number of aromatic nitrogens is 1. The molecule has 1 unspecified atom stereocenters. The lowest BCUT2D eigenvalue weighted by atomic mass is 10.1. The third kappa shape index (κ3) is 9.99. The Bertz CT molecular complexity index is 1330. The zero-order valence-corrected chi connectivity index (χ0v) is 26.5. The van der Waals surface area contributed by atoms with Crippen LogP contribution >= 0.6 is 21.6 Å². The van der Waals surface area contributed by atoms with Crippen molar-refractivity contribution in [2.75, 3.05) is 55.0 Å². The molecule has 214 valence electrons. The van der Waals surface area contributed by atoms with Crippen LogP contribution in [0.4, 0.5) is 11.4 Å². The molecule has 0 bridgehead atoms. The SMILES string of the molecule is CC[n+]1ccc(/C=C/c2ccc(N(C)CCSSCCN(C)c3ccc(/C=C/C4=C[NH+](CC)C=C4)cc3)cc2)cc1. The van der Waals surface area contributed by atoms with Gasteiger partial charge in [-0.15, -0.1) is 0 Å². The summed E-state index contributed by atoms with van der Waals surface area (Å²) in [5.41, 5.74) is 7.47. The van der Waals surface area contributed by atoms with Gasteiger partial charge in [0.1, 0.15) is 12.7 Å². The van der Waals surface area contributed by atoms with Gasteiger partial charge in [0.2, 0.25) is 0 Å². The minimum absolute atomic E-state index is 0.998. The molecule has 1 aliphatic rings. The van der Waals surface area contributed by atoms with E-state index in [1.807, 2.05) is 21.6 Å². The van der Waals surface area contributed by atoms with E-state index in [9.17, 15) is 0 Å². The maximum Gasteiger partial charge on any atom is 0.169 e. The van der Waals surface area contributed by atoms with E-state index < -0.39 is 0 Å². The van der Waals surface area contributed by atoms with Gasteiger partial charge in [0.05, 0.1) is 12.7 Å². The first-order chi connectivity index (χ1) is 20.0. The number of hydrogen-bond acceptors (Lipinski definition) is 4. The topological polar surface area (TPSA) is 14.8 Å². The van der Waals surface area contributed by atoms with E-state index in [1.54, 1.807) is 0 Å². The molecule has 0 radical (unpaired) electrons. The lowest BCUT2D eigenvalue weighted by molar-refractivity contribution is -0.785. The summed E-state index contributed by atoms with van der Waals surface area (Å²) in [6.45, 7) is 8.50. The van der Waals surface area contributed by atoms with E-state index in [1.165, 1.54) is 38.5 Å². The van der Waals surface area contributed by atoms with Gasteiger partial charge in [-0.2, -0.15) is 0 Å². The van der Waals surface area contributed by atoms with Crippen LogP contribution in [-0.4, -0.2) is 45.2 Å². The van der Waals surface area contributed by atoms with Gasteiger partial charge in [0.25, 0.3) is 0 Å². The second-order valence-electron chi connectivity index (χ2n) is 10.2. The monoisotopic (exact) mass is 584 g/mol. The van der Waals surface area contributed by atoms with E-state index in [0.717, 1.165) is 37.7 Å². The Kier molecular flexibility index (Phi) is 12.2. The van der Waals surface area contributed by atoms with Crippen molar-refractivity contribution in [3.8, 4) is 0 Å². The van der Waals surface area contributed by atoms with Gasteiger partial charge < -0.3 is 9.80 Å². The van der Waals surface area contributed by atoms with Crippen molar-refractivity contribution in [2.24, 2.45) is 0 Å². The first-order valence-electron chi connectivity index (χ1n) is 14.5. The number of rotatable bonds is 15.